The molecule has 1 aliphatic heterocycles. The summed E-state index contributed by atoms with van der Waals surface area (Å²) in [6.07, 6.45) is 4.92. The van der Waals surface area contributed by atoms with E-state index in [9.17, 15) is 13.2 Å². The van der Waals surface area contributed by atoms with Crippen molar-refractivity contribution < 1.29 is 22.0 Å². The molecule has 0 aromatic carbocycles. The highest BCUT2D eigenvalue weighted by Gasteiger charge is 2.54. The number of likely N-dealkylation sites (tertiary alicyclic amines) is 1. The number of amides is 2. The van der Waals surface area contributed by atoms with E-state index < -0.39 is 31.9 Å². The summed E-state index contributed by atoms with van der Waals surface area (Å²) in [6.45, 7) is 0.0176. The van der Waals surface area contributed by atoms with Crippen molar-refractivity contribution in [2.45, 2.75) is 23.0 Å². The van der Waals surface area contributed by atoms with Gasteiger partial charge in [0, 0.05) is 25.2 Å². The number of halogens is 2. The standard InChI is InChI=1S/C18H18F2N6O3S/c19-18(20,30(28,29)16-12-23-26-8-2-1-3-15(16)26)13-5-9-25(10-6-13)17(27)24-14-4-7-21-22-11-14/h1-4,7-8,11-13H,5-6,9-10H2,(H,21,24,27). The molecule has 1 aliphatic rings. The average molecular weight is 436 g/mol. The minimum Gasteiger partial charge on any atom is -0.325 e. The summed E-state index contributed by atoms with van der Waals surface area (Å²) in [5, 5.41) is 9.72. The first-order valence-electron chi connectivity index (χ1n) is 9.18. The van der Waals surface area contributed by atoms with Gasteiger partial charge in [0.15, 0.2) is 0 Å². The summed E-state index contributed by atoms with van der Waals surface area (Å²) in [7, 11) is -4.96. The van der Waals surface area contributed by atoms with Gasteiger partial charge in [-0.15, -0.1) is 0 Å². The molecule has 3 aromatic rings. The summed E-state index contributed by atoms with van der Waals surface area (Å²) in [6, 6.07) is 5.70. The van der Waals surface area contributed by atoms with E-state index >= 15 is 8.78 Å². The van der Waals surface area contributed by atoms with Crippen LogP contribution in [0.15, 0.2) is 53.9 Å². The van der Waals surface area contributed by atoms with Crippen molar-refractivity contribution in [1.29, 1.82) is 0 Å². The molecule has 30 heavy (non-hydrogen) atoms. The SMILES string of the molecule is O=C(Nc1ccnnc1)N1CCC(C(F)(F)S(=O)(=O)c2cnn3ccccc23)CC1. The number of anilines is 1. The first-order chi connectivity index (χ1) is 14.3. The molecule has 1 fully saturated rings. The molecule has 0 aliphatic carbocycles. The number of nitrogens with one attached hydrogen (secondary N) is 1. The van der Waals surface area contributed by atoms with Gasteiger partial charge in [-0.1, -0.05) is 6.07 Å². The average Bonchev–Trinajstić information content (AvgIpc) is 3.19. The Kier molecular flexibility index (Phi) is 5.10. The zero-order chi connectivity index (χ0) is 21.4. The molecule has 0 radical (unpaired) electrons. The molecule has 0 spiro atoms. The minimum absolute atomic E-state index is 0.00881. The molecule has 1 N–H and O–H groups in total. The van der Waals surface area contributed by atoms with Gasteiger partial charge in [-0.3, -0.25) is 0 Å². The highest BCUT2D eigenvalue weighted by atomic mass is 32.2. The van der Waals surface area contributed by atoms with Crippen LogP contribution >= 0.6 is 0 Å². The van der Waals surface area contributed by atoms with Crippen molar-refractivity contribution in [2.75, 3.05) is 18.4 Å². The van der Waals surface area contributed by atoms with E-state index in [0.717, 1.165) is 6.20 Å². The van der Waals surface area contributed by atoms with Gasteiger partial charge in [-0.25, -0.2) is 17.7 Å². The number of hydrogen-bond acceptors (Lipinski definition) is 6. The number of hydrogen-bond donors (Lipinski definition) is 1. The van der Waals surface area contributed by atoms with Gasteiger partial charge in [0.1, 0.15) is 4.90 Å². The van der Waals surface area contributed by atoms with Crippen LogP contribution in [0.4, 0.5) is 19.3 Å². The lowest BCUT2D eigenvalue weighted by atomic mass is 9.97. The maximum Gasteiger partial charge on any atom is 0.353 e. The number of fused-ring (bicyclic) bond motifs is 1. The molecule has 4 rings (SSSR count). The van der Waals surface area contributed by atoms with Gasteiger partial charge < -0.3 is 10.2 Å². The number of alkyl halides is 2. The number of pyridine rings is 1. The van der Waals surface area contributed by atoms with Crippen molar-refractivity contribution in [2.24, 2.45) is 5.92 Å². The molecule has 0 bridgehead atoms. The van der Waals surface area contributed by atoms with E-state index in [2.05, 4.69) is 20.6 Å². The number of urea groups is 1. The molecule has 3 aromatic heterocycles. The third-order valence-corrected chi connectivity index (χ3v) is 7.08. The summed E-state index contributed by atoms with van der Waals surface area (Å²) in [4.78, 5) is 13.2. The number of carbonyl (C=O) groups is 1. The van der Waals surface area contributed by atoms with Gasteiger partial charge in [0.05, 0.1) is 29.8 Å². The Hall–Kier alpha value is -3.15. The number of nitrogens with zero attached hydrogens (tertiary/aromatic N) is 5. The third kappa shape index (κ3) is 3.47. The van der Waals surface area contributed by atoms with Crippen LogP contribution in [-0.2, 0) is 9.84 Å². The molecule has 0 unspecified atom stereocenters. The Bertz CT molecular complexity index is 1160. The van der Waals surface area contributed by atoms with Crippen LogP contribution in [0.1, 0.15) is 12.8 Å². The van der Waals surface area contributed by atoms with Crippen LogP contribution in [-0.4, -0.2) is 57.5 Å². The molecule has 0 atom stereocenters. The number of carbonyl (C=O) groups excluding carboxylic acids is 1. The van der Waals surface area contributed by atoms with Gasteiger partial charge in [0.2, 0.25) is 9.84 Å². The highest BCUT2D eigenvalue weighted by molar-refractivity contribution is 7.92. The molecule has 158 valence electrons. The van der Waals surface area contributed by atoms with Crippen LogP contribution in [0, 0.1) is 5.92 Å². The molecule has 1 saturated heterocycles. The Labute approximate surface area is 170 Å². The molecule has 12 heteroatoms. The van der Waals surface area contributed by atoms with Crippen molar-refractivity contribution >= 4 is 27.1 Å². The van der Waals surface area contributed by atoms with Gasteiger partial charge in [-0.05, 0) is 31.0 Å². The first kappa shape index (κ1) is 20.1. The van der Waals surface area contributed by atoms with Crippen LogP contribution in [0.5, 0.6) is 0 Å². The monoisotopic (exact) mass is 436 g/mol. The molecule has 9 nitrogen and oxygen atoms in total. The Morgan fingerprint density at radius 3 is 2.60 bits per heavy atom. The lowest BCUT2D eigenvalue weighted by Crippen LogP contribution is -2.47. The van der Waals surface area contributed by atoms with Gasteiger partial charge in [-0.2, -0.15) is 24.1 Å². The number of sulfone groups is 1. The smallest absolute Gasteiger partial charge is 0.325 e. The molecular formula is C18H18F2N6O3S. The van der Waals surface area contributed by atoms with E-state index in [0.29, 0.717) is 5.69 Å². The predicted octanol–water partition coefficient (Wildman–Crippen LogP) is 2.43. The molecule has 0 saturated carbocycles. The van der Waals surface area contributed by atoms with E-state index in [-0.39, 0.29) is 31.4 Å². The normalized spacial score (nSPS) is 16.0. The van der Waals surface area contributed by atoms with Crippen molar-refractivity contribution in [1.82, 2.24) is 24.7 Å². The second-order valence-corrected chi connectivity index (χ2v) is 8.92. The fourth-order valence-electron chi connectivity index (χ4n) is 3.47. The zero-order valence-corrected chi connectivity index (χ0v) is 16.5. The second-order valence-electron chi connectivity index (χ2n) is 6.93. The fourth-order valence-corrected chi connectivity index (χ4v) is 5.06. The van der Waals surface area contributed by atoms with Crippen LogP contribution < -0.4 is 5.32 Å². The number of piperidine rings is 1. The van der Waals surface area contributed by atoms with Gasteiger partial charge >= 0.3 is 11.3 Å². The lowest BCUT2D eigenvalue weighted by Gasteiger charge is -2.35. The van der Waals surface area contributed by atoms with Crippen LogP contribution in [0.3, 0.4) is 0 Å². The number of aromatic nitrogens is 4. The highest BCUT2D eigenvalue weighted by Crippen LogP contribution is 2.41. The Balaban J connectivity index is 1.47. The number of rotatable bonds is 4. The summed E-state index contributed by atoms with van der Waals surface area (Å²) in [5.41, 5.74) is 0.526. The van der Waals surface area contributed by atoms with E-state index in [1.165, 1.54) is 34.1 Å². The van der Waals surface area contributed by atoms with Crippen LogP contribution in [0.2, 0.25) is 0 Å². The maximum atomic E-state index is 15.1. The third-order valence-electron chi connectivity index (χ3n) is 5.13. The van der Waals surface area contributed by atoms with E-state index in [1.54, 1.807) is 18.2 Å². The Morgan fingerprint density at radius 1 is 1.13 bits per heavy atom. The molecule has 2 amide bonds. The van der Waals surface area contributed by atoms with E-state index in [4.69, 9.17) is 0 Å². The van der Waals surface area contributed by atoms with Crippen molar-refractivity contribution in [3.8, 4) is 0 Å². The van der Waals surface area contributed by atoms with Gasteiger partial charge in [0.25, 0.3) is 0 Å². The van der Waals surface area contributed by atoms with Crippen molar-refractivity contribution in [3.63, 3.8) is 0 Å². The summed E-state index contributed by atoms with van der Waals surface area (Å²) in [5.74, 6) is -1.41. The molecule has 4 heterocycles. The minimum atomic E-state index is -4.96. The lowest BCUT2D eigenvalue weighted by molar-refractivity contribution is 0.000488. The maximum absolute atomic E-state index is 15.1. The zero-order valence-electron chi connectivity index (χ0n) is 15.6. The second kappa shape index (κ2) is 7.59. The quantitative estimate of drug-likeness (QED) is 0.673. The van der Waals surface area contributed by atoms with E-state index in [1.807, 2.05) is 0 Å². The first-order valence-corrected chi connectivity index (χ1v) is 10.7. The van der Waals surface area contributed by atoms with Crippen molar-refractivity contribution in [3.05, 3.63) is 49.1 Å². The summed E-state index contributed by atoms with van der Waals surface area (Å²) < 4.78 is 57.0. The molecular weight excluding hydrogens is 418 g/mol. The predicted molar refractivity (Wildman–Crippen MR) is 103 cm³/mol. The topological polar surface area (TPSA) is 110 Å². The Morgan fingerprint density at radius 2 is 1.90 bits per heavy atom. The summed E-state index contributed by atoms with van der Waals surface area (Å²) >= 11 is 0. The van der Waals surface area contributed by atoms with Crippen LogP contribution in [0.25, 0.3) is 5.52 Å². The largest absolute Gasteiger partial charge is 0.353 e. The fraction of sp³-hybridized carbons (Fsp3) is 0.333.